The zero-order chi connectivity index (χ0) is 36.9. The van der Waals surface area contributed by atoms with Crippen molar-refractivity contribution in [2.45, 2.75) is 44.2 Å². The van der Waals surface area contributed by atoms with E-state index in [4.69, 9.17) is 4.74 Å². The van der Waals surface area contributed by atoms with Crippen LogP contribution in [0.5, 0.6) is 0 Å². The zero-order valence-electron chi connectivity index (χ0n) is 28.9. The first kappa shape index (κ1) is 35.4. The summed E-state index contributed by atoms with van der Waals surface area (Å²) in [6.45, 7) is 2.14. The maximum absolute atomic E-state index is 13.4. The fourth-order valence-electron chi connectivity index (χ4n) is 7.07. The first-order chi connectivity index (χ1) is 25.8. The van der Waals surface area contributed by atoms with E-state index in [2.05, 4.69) is 31.0 Å². The number of anilines is 2. The Hall–Kier alpha value is -6.03. The number of nitrogens with zero attached hydrogens (tertiary/aromatic N) is 6. The van der Waals surface area contributed by atoms with Crippen LogP contribution < -0.4 is 20.9 Å². The van der Waals surface area contributed by atoms with Gasteiger partial charge in [-0.15, -0.1) is 0 Å². The number of piperidine rings is 2. The molecule has 0 saturated carbocycles. The average Bonchev–Trinajstić information content (AvgIpc) is 3.77. The van der Waals surface area contributed by atoms with Crippen LogP contribution in [0.15, 0.2) is 65.9 Å². The number of carbonyl (C=O) groups excluding carboxylic acids is 6. The van der Waals surface area contributed by atoms with Crippen LogP contribution in [0, 0.1) is 5.92 Å². The van der Waals surface area contributed by atoms with Crippen LogP contribution in [0.2, 0.25) is 0 Å². The van der Waals surface area contributed by atoms with Crippen molar-refractivity contribution in [3.63, 3.8) is 0 Å². The van der Waals surface area contributed by atoms with Crippen LogP contribution in [-0.2, 0) is 19.1 Å². The van der Waals surface area contributed by atoms with Gasteiger partial charge in [0, 0.05) is 63.0 Å². The van der Waals surface area contributed by atoms with Crippen LogP contribution in [-0.4, -0.2) is 107 Å². The number of fused-ring (bicyclic) bond motifs is 1. The van der Waals surface area contributed by atoms with Crippen molar-refractivity contribution in [2.24, 2.45) is 11.0 Å². The van der Waals surface area contributed by atoms with Crippen LogP contribution >= 0.6 is 0 Å². The van der Waals surface area contributed by atoms with Crippen molar-refractivity contribution in [3.8, 4) is 0 Å². The second-order valence-corrected chi connectivity index (χ2v) is 13.1. The standard InChI is InChI=1S/C37H39N9O7/c47-30-10-9-29(33(49)43-30)45-35(51)25-7-4-8-26(31(25)36(45)52)38-17-21-53-22-18-39-32(48)27-11-15-40-37(42-27)44-19-13-24(14-20-44)34(50)46-28(12-16-41-46)23-5-2-1-3-6-23/h1-8,11,15-16,24,28-29,38H,9-10,12-14,17-22H2,(H,39,48)(H,43,47,49). The van der Waals surface area contributed by atoms with Crippen molar-refractivity contribution in [1.82, 2.24) is 30.5 Å². The van der Waals surface area contributed by atoms with E-state index in [1.54, 1.807) is 35.6 Å². The third-order valence-electron chi connectivity index (χ3n) is 9.80. The molecule has 3 aromatic rings. The van der Waals surface area contributed by atoms with Crippen molar-refractivity contribution >= 4 is 53.3 Å². The van der Waals surface area contributed by atoms with Crippen LogP contribution in [0.25, 0.3) is 0 Å². The van der Waals surface area contributed by atoms with Gasteiger partial charge in [0.25, 0.3) is 17.7 Å². The summed E-state index contributed by atoms with van der Waals surface area (Å²) in [7, 11) is 0. The Kier molecular flexibility index (Phi) is 10.5. The molecule has 0 aliphatic carbocycles. The molecule has 6 amide bonds. The summed E-state index contributed by atoms with van der Waals surface area (Å²) in [6, 6.07) is 15.2. The third kappa shape index (κ3) is 7.48. The minimum absolute atomic E-state index is 0.0211. The molecule has 0 bridgehead atoms. The summed E-state index contributed by atoms with van der Waals surface area (Å²) in [5.41, 5.74) is 2.07. The minimum atomic E-state index is -1.04. The Morgan fingerprint density at radius 1 is 0.887 bits per heavy atom. The van der Waals surface area contributed by atoms with Gasteiger partial charge in [0.15, 0.2) is 0 Å². The quantitative estimate of drug-likeness (QED) is 0.183. The lowest BCUT2D eigenvalue weighted by atomic mass is 9.94. The van der Waals surface area contributed by atoms with E-state index in [0.717, 1.165) is 10.5 Å². The summed E-state index contributed by atoms with van der Waals surface area (Å²) in [6.07, 6.45) is 5.41. The molecule has 4 aliphatic heterocycles. The molecule has 53 heavy (non-hydrogen) atoms. The number of ether oxygens (including phenoxy) is 1. The molecule has 3 N–H and O–H groups in total. The van der Waals surface area contributed by atoms with Gasteiger partial charge in [-0.2, -0.15) is 5.10 Å². The Morgan fingerprint density at radius 3 is 2.47 bits per heavy atom. The molecule has 274 valence electrons. The lowest BCUT2D eigenvalue weighted by Gasteiger charge is -2.33. The summed E-state index contributed by atoms with van der Waals surface area (Å²) in [5, 5.41) is 14.1. The fraction of sp³-hybridized carbons (Fsp3) is 0.378. The molecule has 0 spiro atoms. The average molecular weight is 722 g/mol. The highest BCUT2D eigenvalue weighted by Crippen LogP contribution is 2.33. The molecule has 2 atom stereocenters. The van der Waals surface area contributed by atoms with E-state index in [-0.39, 0.29) is 73.2 Å². The number of benzene rings is 2. The topological polar surface area (TPSA) is 196 Å². The highest BCUT2D eigenvalue weighted by molar-refractivity contribution is 6.25. The van der Waals surface area contributed by atoms with E-state index >= 15 is 0 Å². The number of hydrazone groups is 1. The Balaban J connectivity index is 0.833. The SMILES string of the molecule is O=C1CCC(N2C(=O)c3cccc(NCCOCCNC(=O)c4ccnc(N5CCC(C(=O)N6N=CCC6c6ccccc6)CC5)n4)c3C2=O)C(=O)N1. The number of amides is 6. The van der Waals surface area contributed by atoms with Crippen molar-refractivity contribution in [3.05, 3.63) is 83.2 Å². The molecule has 4 aliphatic rings. The largest absolute Gasteiger partial charge is 0.382 e. The zero-order valence-corrected chi connectivity index (χ0v) is 28.9. The summed E-state index contributed by atoms with van der Waals surface area (Å²) in [5.74, 6) is -2.35. The van der Waals surface area contributed by atoms with E-state index in [1.807, 2.05) is 35.2 Å². The number of nitrogens with one attached hydrogen (secondary N) is 3. The Labute approximate surface area is 305 Å². The maximum atomic E-state index is 13.4. The number of hydrogen-bond acceptors (Lipinski definition) is 12. The van der Waals surface area contributed by atoms with Gasteiger partial charge in [0.1, 0.15) is 11.7 Å². The molecular weight excluding hydrogens is 682 g/mol. The van der Waals surface area contributed by atoms with Crippen LogP contribution in [0.1, 0.15) is 74.9 Å². The molecule has 16 nitrogen and oxygen atoms in total. The van der Waals surface area contributed by atoms with Gasteiger partial charge in [-0.05, 0) is 43.0 Å². The van der Waals surface area contributed by atoms with Gasteiger partial charge >= 0.3 is 0 Å². The number of imide groups is 2. The van der Waals surface area contributed by atoms with E-state index in [0.29, 0.717) is 50.5 Å². The number of hydrogen-bond donors (Lipinski definition) is 3. The predicted octanol–water partition coefficient (Wildman–Crippen LogP) is 1.91. The maximum Gasteiger partial charge on any atom is 0.270 e. The molecule has 5 heterocycles. The molecule has 0 radical (unpaired) electrons. The second-order valence-electron chi connectivity index (χ2n) is 13.1. The van der Waals surface area contributed by atoms with Gasteiger partial charge in [-0.1, -0.05) is 36.4 Å². The molecule has 2 fully saturated rings. The molecule has 7 rings (SSSR count). The first-order valence-corrected chi connectivity index (χ1v) is 17.7. The fourth-order valence-corrected chi connectivity index (χ4v) is 7.07. The lowest BCUT2D eigenvalue weighted by Crippen LogP contribution is -2.54. The van der Waals surface area contributed by atoms with Crippen LogP contribution in [0.4, 0.5) is 11.6 Å². The minimum Gasteiger partial charge on any atom is -0.382 e. The van der Waals surface area contributed by atoms with Gasteiger partial charge in [0.05, 0.1) is 30.4 Å². The first-order valence-electron chi connectivity index (χ1n) is 17.7. The molecular formula is C37H39N9O7. The third-order valence-corrected chi connectivity index (χ3v) is 9.80. The van der Waals surface area contributed by atoms with Crippen molar-refractivity contribution in [1.29, 1.82) is 0 Å². The number of carbonyl (C=O) groups is 6. The predicted molar refractivity (Wildman–Crippen MR) is 191 cm³/mol. The van der Waals surface area contributed by atoms with Crippen molar-refractivity contribution in [2.75, 3.05) is 49.6 Å². The van der Waals surface area contributed by atoms with E-state index in [1.165, 1.54) is 6.07 Å². The van der Waals surface area contributed by atoms with Gasteiger partial charge in [-0.3, -0.25) is 39.0 Å². The second kappa shape index (κ2) is 15.7. The van der Waals surface area contributed by atoms with Crippen molar-refractivity contribution < 1.29 is 33.5 Å². The molecule has 16 heteroatoms. The summed E-state index contributed by atoms with van der Waals surface area (Å²) < 4.78 is 5.66. The van der Waals surface area contributed by atoms with Crippen LogP contribution in [0.3, 0.4) is 0 Å². The molecule has 2 saturated heterocycles. The molecule has 1 aromatic heterocycles. The molecule has 2 aromatic carbocycles. The highest BCUT2D eigenvalue weighted by Gasteiger charge is 2.45. The Bertz CT molecular complexity index is 1950. The summed E-state index contributed by atoms with van der Waals surface area (Å²) >= 11 is 0. The van der Waals surface area contributed by atoms with Gasteiger partial charge in [-0.25, -0.2) is 15.0 Å². The lowest BCUT2D eigenvalue weighted by molar-refractivity contribution is -0.138. The number of rotatable bonds is 12. The number of aromatic nitrogens is 2. The van der Waals surface area contributed by atoms with Gasteiger partial charge in [0.2, 0.25) is 23.7 Å². The Morgan fingerprint density at radius 2 is 1.68 bits per heavy atom. The van der Waals surface area contributed by atoms with E-state index in [9.17, 15) is 28.8 Å². The normalized spacial score (nSPS) is 20.1. The monoisotopic (exact) mass is 721 g/mol. The van der Waals surface area contributed by atoms with E-state index < -0.39 is 29.7 Å². The summed E-state index contributed by atoms with van der Waals surface area (Å²) in [4.78, 5) is 88.3. The molecule has 2 unspecified atom stereocenters. The smallest absolute Gasteiger partial charge is 0.270 e. The van der Waals surface area contributed by atoms with Gasteiger partial charge < -0.3 is 20.3 Å². The highest BCUT2D eigenvalue weighted by atomic mass is 16.5.